The maximum atomic E-state index is 11.8. The smallest absolute Gasteiger partial charge is 0.337 e. The van der Waals surface area contributed by atoms with E-state index in [1.54, 1.807) is 56.6 Å². The maximum Gasteiger partial charge on any atom is 0.337 e. The van der Waals surface area contributed by atoms with E-state index in [2.05, 4.69) is 30.9 Å². The topological polar surface area (TPSA) is 153 Å². The van der Waals surface area contributed by atoms with Crippen molar-refractivity contribution in [3.05, 3.63) is 76.0 Å². The second kappa shape index (κ2) is 16.1. The number of oxazole rings is 1. The third-order valence-corrected chi connectivity index (χ3v) is 6.50. The number of rotatable bonds is 17. The Labute approximate surface area is 258 Å². The van der Waals surface area contributed by atoms with Gasteiger partial charge in [-0.05, 0) is 37.3 Å². The Morgan fingerprint density at radius 1 is 0.977 bits per heavy atom. The van der Waals surface area contributed by atoms with Gasteiger partial charge in [-0.3, -0.25) is 0 Å². The quantitative estimate of drug-likeness (QED) is 0.103. The standard InChI is InChI=1S/C29H32Cl2N6O6/c1-18-35-27(32-9-10-41-13-14-42-12-11-40-2)26(28(36-18)37-23-6-4-3-5-20(23)29(38)39)34-17-25-33-16-24(43-25)21-15-19(30)7-8-22(21)31/h3-8,15-16,34H,9-14,17H2,1-2H3,(H,38,39)(H2,32,35,36,37). The largest absolute Gasteiger partial charge is 0.478 e. The predicted molar refractivity (Wildman–Crippen MR) is 165 cm³/mol. The molecule has 4 rings (SSSR count). The molecule has 14 heteroatoms. The van der Waals surface area contributed by atoms with Crippen LogP contribution in [0.25, 0.3) is 11.3 Å². The average Bonchev–Trinajstić information content (AvgIpc) is 3.46. The molecule has 0 amide bonds. The minimum Gasteiger partial charge on any atom is -0.478 e. The molecule has 0 spiro atoms. The Bertz CT molecular complexity index is 1520. The lowest BCUT2D eigenvalue weighted by Gasteiger charge is -2.18. The van der Waals surface area contributed by atoms with E-state index in [1.165, 1.54) is 6.07 Å². The van der Waals surface area contributed by atoms with Crippen LogP contribution < -0.4 is 16.0 Å². The highest BCUT2D eigenvalue weighted by atomic mass is 35.5. The van der Waals surface area contributed by atoms with Gasteiger partial charge in [-0.15, -0.1) is 0 Å². The van der Waals surface area contributed by atoms with Crippen LogP contribution in [0.2, 0.25) is 10.0 Å². The van der Waals surface area contributed by atoms with Crippen molar-refractivity contribution >= 4 is 52.2 Å². The molecular formula is C29H32Cl2N6O6. The van der Waals surface area contributed by atoms with Gasteiger partial charge < -0.3 is 39.7 Å². The first-order valence-electron chi connectivity index (χ1n) is 13.4. The van der Waals surface area contributed by atoms with E-state index in [0.717, 1.165) is 0 Å². The normalized spacial score (nSPS) is 11.0. The van der Waals surface area contributed by atoms with Gasteiger partial charge in [-0.2, -0.15) is 0 Å². The number of carbonyl (C=O) groups is 1. The van der Waals surface area contributed by atoms with Gasteiger partial charge in [0.05, 0.1) is 62.0 Å². The Balaban J connectivity index is 1.52. The van der Waals surface area contributed by atoms with Crippen LogP contribution in [-0.4, -0.2) is 72.7 Å². The van der Waals surface area contributed by atoms with Gasteiger partial charge in [-0.25, -0.2) is 19.7 Å². The number of nitrogens with zero attached hydrogens (tertiary/aromatic N) is 3. The molecule has 0 aliphatic carbocycles. The number of anilines is 4. The van der Waals surface area contributed by atoms with E-state index < -0.39 is 5.97 Å². The van der Waals surface area contributed by atoms with Crippen LogP contribution in [0.3, 0.4) is 0 Å². The number of carboxylic acids is 1. The summed E-state index contributed by atoms with van der Waals surface area (Å²) in [5.74, 6) is 1.06. The van der Waals surface area contributed by atoms with Crippen molar-refractivity contribution in [1.29, 1.82) is 0 Å². The summed E-state index contributed by atoms with van der Waals surface area (Å²) in [5.41, 5.74) is 1.56. The van der Waals surface area contributed by atoms with Crippen LogP contribution in [0.1, 0.15) is 22.1 Å². The molecule has 43 heavy (non-hydrogen) atoms. The predicted octanol–water partition coefficient (Wildman–Crippen LogP) is 5.89. The molecule has 4 N–H and O–H groups in total. The number of para-hydroxylation sites is 1. The zero-order chi connectivity index (χ0) is 30.6. The van der Waals surface area contributed by atoms with Crippen LogP contribution in [0.5, 0.6) is 0 Å². The third kappa shape index (κ3) is 9.27. The second-order valence-electron chi connectivity index (χ2n) is 9.06. The molecule has 228 valence electrons. The van der Waals surface area contributed by atoms with Crippen molar-refractivity contribution in [3.63, 3.8) is 0 Å². The van der Waals surface area contributed by atoms with Crippen molar-refractivity contribution in [2.24, 2.45) is 0 Å². The summed E-state index contributed by atoms with van der Waals surface area (Å²) in [4.78, 5) is 25.3. The summed E-state index contributed by atoms with van der Waals surface area (Å²) >= 11 is 12.5. The number of aryl methyl sites for hydroxylation is 1. The Morgan fingerprint density at radius 2 is 1.72 bits per heavy atom. The monoisotopic (exact) mass is 630 g/mol. The SMILES string of the molecule is COCCOCCOCCNc1nc(C)nc(Nc2ccccc2C(=O)O)c1NCc1ncc(-c2cc(Cl)ccc2Cl)o1. The summed E-state index contributed by atoms with van der Waals surface area (Å²) in [6.45, 7) is 4.65. The molecule has 0 saturated carbocycles. The van der Waals surface area contributed by atoms with E-state index in [1.807, 2.05) is 0 Å². The highest BCUT2D eigenvalue weighted by molar-refractivity contribution is 6.35. The number of ether oxygens (including phenoxy) is 3. The lowest BCUT2D eigenvalue weighted by atomic mass is 10.2. The molecule has 0 aliphatic heterocycles. The summed E-state index contributed by atoms with van der Waals surface area (Å²) in [6.07, 6.45) is 1.57. The molecule has 0 saturated heterocycles. The molecule has 2 heterocycles. The zero-order valence-corrected chi connectivity index (χ0v) is 25.2. The van der Waals surface area contributed by atoms with Crippen molar-refractivity contribution in [2.75, 3.05) is 62.6 Å². The van der Waals surface area contributed by atoms with Crippen molar-refractivity contribution < 1.29 is 28.5 Å². The number of carboxylic acid groups (broad SMARTS) is 1. The van der Waals surface area contributed by atoms with Gasteiger partial charge in [0.1, 0.15) is 11.5 Å². The van der Waals surface area contributed by atoms with Crippen LogP contribution in [-0.2, 0) is 20.8 Å². The Kier molecular flexibility index (Phi) is 11.9. The Hall–Kier alpha value is -3.94. The van der Waals surface area contributed by atoms with Gasteiger partial charge in [0.15, 0.2) is 17.4 Å². The number of aromatic carboxylic acids is 1. The number of hydrogen-bond acceptors (Lipinski definition) is 11. The first-order chi connectivity index (χ1) is 20.9. The van der Waals surface area contributed by atoms with Gasteiger partial charge in [0, 0.05) is 24.2 Å². The maximum absolute atomic E-state index is 11.8. The van der Waals surface area contributed by atoms with E-state index in [-0.39, 0.29) is 12.1 Å². The van der Waals surface area contributed by atoms with E-state index >= 15 is 0 Å². The third-order valence-electron chi connectivity index (χ3n) is 5.94. The molecule has 0 fully saturated rings. The van der Waals surface area contributed by atoms with Crippen LogP contribution in [0.15, 0.2) is 53.1 Å². The number of benzene rings is 2. The fraction of sp³-hybridized carbons (Fsp3) is 0.310. The van der Waals surface area contributed by atoms with Gasteiger partial charge >= 0.3 is 5.97 Å². The van der Waals surface area contributed by atoms with Gasteiger partial charge in [0.2, 0.25) is 5.89 Å². The molecule has 0 bridgehead atoms. The van der Waals surface area contributed by atoms with Crippen LogP contribution >= 0.6 is 23.2 Å². The van der Waals surface area contributed by atoms with Gasteiger partial charge in [-0.1, -0.05) is 35.3 Å². The van der Waals surface area contributed by atoms with Crippen LogP contribution in [0, 0.1) is 6.92 Å². The van der Waals surface area contributed by atoms with Crippen molar-refractivity contribution in [2.45, 2.75) is 13.5 Å². The first kappa shape index (κ1) is 32.0. The number of aromatic nitrogens is 3. The zero-order valence-electron chi connectivity index (χ0n) is 23.7. The molecule has 4 aromatic rings. The molecule has 0 aliphatic rings. The summed E-state index contributed by atoms with van der Waals surface area (Å²) in [5, 5.41) is 20.4. The highest BCUT2D eigenvalue weighted by Crippen LogP contribution is 2.33. The van der Waals surface area contributed by atoms with Crippen molar-refractivity contribution in [1.82, 2.24) is 15.0 Å². The van der Waals surface area contributed by atoms with E-state index in [9.17, 15) is 9.90 Å². The highest BCUT2D eigenvalue weighted by Gasteiger charge is 2.18. The number of hydrogen-bond donors (Lipinski definition) is 4. The van der Waals surface area contributed by atoms with Crippen molar-refractivity contribution in [3.8, 4) is 11.3 Å². The lowest BCUT2D eigenvalue weighted by molar-refractivity contribution is 0.0272. The average molecular weight is 632 g/mol. The molecule has 2 aromatic carbocycles. The summed E-state index contributed by atoms with van der Waals surface area (Å²) < 4.78 is 22.0. The second-order valence-corrected chi connectivity index (χ2v) is 9.90. The molecule has 0 atom stereocenters. The van der Waals surface area contributed by atoms with E-state index in [0.29, 0.717) is 95.7 Å². The van der Waals surface area contributed by atoms with Crippen LogP contribution in [0.4, 0.5) is 23.0 Å². The molecule has 12 nitrogen and oxygen atoms in total. The minimum atomic E-state index is -1.07. The molecular weight excluding hydrogens is 599 g/mol. The number of nitrogens with one attached hydrogen (secondary N) is 3. The lowest BCUT2D eigenvalue weighted by Crippen LogP contribution is -2.17. The molecule has 0 unspecified atom stereocenters. The fourth-order valence-corrected chi connectivity index (χ4v) is 4.32. The minimum absolute atomic E-state index is 0.0936. The number of methoxy groups -OCH3 is 1. The molecule has 0 radical (unpaired) electrons. The fourth-order valence-electron chi connectivity index (χ4n) is 3.94. The van der Waals surface area contributed by atoms with Gasteiger partial charge in [0.25, 0.3) is 0 Å². The Morgan fingerprint density at radius 3 is 2.51 bits per heavy atom. The first-order valence-corrected chi connectivity index (χ1v) is 14.1. The molecule has 2 aromatic heterocycles. The summed E-state index contributed by atoms with van der Waals surface area (Å²) in [6, 6.07) is 11.6. The van der Waals surface area contributed by atoms with E-state index in [4.69, 9.17) is 41.8 Å². The number of halogens is 2. The summed E-state index contributed by atoms with van der Waals surface area (Å²) in [7, 11) is 1.62.